The van der Waals surface area contributed by atoms with E-state index in [1.807, 2.05) is 0 Å². The van der Waals surface area contributed by atoms with Crippen LogP contribution in [0.5, 0.6) is 0 Å². The summed E-state index contributed by atoms with van der Waals surface area (Å²) in [5.74, 6) is -1.18. The molecule has 0 saturated carbocycles. The molecule has 2 rings (SSSR count). The molecule has 2 amide bonds. The third kappa shape index (κ3) is 4.54. The van der Waals surface area contributed by atoms with Crippen molar-refractivity contribution in [3.63, 3.8) is 0 Å². The SMILES string of the molecule is CC(O)CCN(C)C(=O)NC1CCN(c2c(F)cccc2F)C1. The summed E-state index contributed by atoms with van der Waals surface area (Å²) < 4.78 is 27.6. The van der Waals surface area contributed by atoms with Crippen LogP contribution >= 0.6 is 0 Å². The lowest BCUT2D eigenvalue weighted by molar-refractivity contribution is 0.162. The monoisotopic (exact) mass is 327 g/mol. The summed E-state index contributed by atoms with van der Waals surface area (Å²) in [4.78, 5) is 15.2. The van der Waals surface area contributed by atoms with Gasteiger partial charge < -0.3 is 20.2 Å². The second-order valence-corrected chi connectivity index (χ2v) is 6.01. The molecule has 1 aliphatic rings. The fraction of sp³-hybridized carbons (Fsp3) is 0.562. The quantitative estimate of drug-likeness (QED) is 0.869. The normalized spacial score (nSPS) is 18.8. The highest BCUT2D eigenvalue weighted by molar-refractivity contribution is 5.74. The summed E-state index contributed by atoms with van der Waals surface area (Å²) in [6.45, 7) is 2.97. The predicted octanol–water partition coefficient (Wildman–Crippen LogP) is 1.96. The van der Waals surface area contributed by atoms with Gasteiger partial charge in [-0.15, -0.1) is 0 Å². The molecule has 5 nitrogen and oxygen atoms in total. The Kier molecular flexibility index (Phi) is 5.76. The molecule has 0 aliphatic carbocycles. The maximum atomic E-state index is 13.8. The highest BCUT2D eigenvalue weighted by Crippen LogP contribution is 2.26. The molecule has 7 heteroatoms. The molecule has 0 aromatic heterocycles. The Hall–Kier alpha value is -1.89. The molecule has 23 heavy (non-hydrogen) atoms. The van der Waals surface area contributed by atoms with E-state index in [-0.39, 0.29) is 17.8 Å². The number of benzene rings is 1. The Morgan fingerprint density at radius 1 is 1.48 bits per heavy atom. The van der Waals surface area contributed by atoms with Gasteiger partial charge in [0.25, 0.3) is 0 Å². The van der Waals surface area contributed by atoms with E-state index in [2.05, 4.69) is 5.32 Å². The molecule has 128 valence electrons. The smallest absolute Gasteiger partial charge is 0.317 e. The van der Waals surface area contributed by atoms with Gasteiger partial charge in [0.2, 0.25) is 0 Å². The topological polar surface area (TPSA) is 55.8 Å². The Bertz CT molecular complexity index is 534. The molecule has 2 unspecified atom stereocenters. The number of anilines is 1. The summed E-state index contributed by atoms with van der Waals surface area (Å²) in [6, 6.07) is 3.39. The number of amides is 2. The Morgan fingerprint density at radius 2 is 2.13 bits per heavy atom. The van der Waals surface area contributed by atoms with E-state index in [1.165, 1.54) is 23.1 Å². The second-order valence-electron chi connectivity index (χ2n) is 6.01. The van der Waals surface area contributed by atoms with Crippen molar-refractivity contribution < 1.29 is 18.7 Å². The molecule has 2 N–H and O–H groups in total. The number of carbonyl (C=O) groups is 1. The van der Waals surface area contributed by atoms with Gasteiger partial charge in [-0.05, 0) is 31.9 Å². The number of para-hydroxylation sites is 1. The van der Waals surface area contributed by atoms with Crippen LogP contribution in [0, 0.1) is 11.6 Å². The van der Waals surface area contributed by atoms with E-state index in [0.29, 0.717) is 32.5 Å². The molecule has 1 saturated heterocycles. The number of hydrogen-bond acceptors (Lipinski definition) is 3. The van der Waals surface area contributed by atoms with Crippen LogP contribution in [0.1, 0.15) is 19.8 Å². The van der Waals surface area contributed by atoms with Crippen LogP contribution in [0.15, 0.2) is 18.2 Å². The number of aliphatic hydroxyl groups is 1. The van der Waals surface area contributed by atoms with Crippen molar-refractivity contribution in [1.29, 1.82) is 0 Å². The lowest BCUT2D eigenvalue weighted by Crippen LogP contribution is -2.45. The van der Waals surface area contributed by atoms with Crippen molar-refractivity contribution >= 4 is 11.7 Å². The summed E-state index contributed by atoms with van der Waals surface area (Å²) in [5, 5.41) is 12.1. The summed E-state index contributed by atoms with van der Waals surface area (Å²) >= 11 is 0. The first-order valence-electron chi connectivity index (χ1n) is 7.77. The summed E-state index contributed by atoms with van der Waals surface area (Å²) in [5.41, 5.74) is -0.0355. The van der Waals surface area contributed by atoms with Gasteiger partial charge in [-0.3, -0.25) is 0 Å². The second kappa shape index (κ2) is 7.59. The molecule has 1 aromatic rings. The van der Waals surface area contributed by atoms with Crippen LogP contribution < -0.4 is 10.2 Å². The zero-order valence-corrected chi connectivity index (χ0v) is 13.4. The van der Waals surface area contributed by atoms with Gasteiger partial charge in [-0.2, -0.15) is 0 Å². The fourth-order valence-corrected chi connectivity index (χ4v) is 2.64. The van der Waals surface area contributed by atoms with Gasteiger partial charge >= 0.3 is 6.03 Å². The first-order chi connectivity index (χ1) is 10.9. The zero-order chi connectivity index (χ0) is 17.0. The van der Waals surface area contributed by atoms with Gasteiger partial charge in [-0.1, -0.05) is 6.07 Å². The average Bonchev–Trinajstić information content (AvgIpc) is 2.92. The van der Waals surface area contributed by atoms with E-state index in [9.17, 15) is 18.7 Å². The number of hydrogen-bond donors (Lipinski definition) is 2. The molecular weight excluding hydrogens is 304 g/mol. The average molecular weight is 327 g/mol. The molecule has 2 atom stereocenters. The third-order valence-corrected chi connectivity index (χ3v) is 4.00. The van der Waals surface area contributed by atoms with E-state index in [1.54, 1.807) is 18.9 Å². The van der Waals surface area contributed by atoms with Crippen LogP contribution in [0.4, 0.5) is 19.3 Å². The Morgan fingerprint density at radius 3 is 2.74 bits per heavy atom. The van der Waals surface area contributed by atoms with E-state index < -0.39 is 17.7 Å². The highest BCUT2D eigenvalue weighted by atomic mass is 19.1. The summed E-state index contributed by atoms with van der Waals surface area (Å²) in [7, 11) is 1.65. The molecule has 1 aromatic carbocycles. The highest BCUT2D eigenvalue weighted by Gasteiger charge is 2.28. The number of halogens is 2. The molecule has 1 aliphatic heterocycles. The fourth-order valence-electron chi connectivity index (χ4n) is 2.64. The molecule has 1 heterocycles. The van der Waals surface area contributed by atoms with Crippen molar-refractivity contribution in [2.75, 3.05) is 31.6 Å². The minimum Gasteiger partial charge on any atom is -0.393 e. The number of rotatable bonds is 5. The van der Waals surface area contributed by atoms with E-state index >= 15 is 0 Å². The third-order valence-electron chi connectivity index (χ3n) is 4.00. The van der Waals surface area contributed by atoms with Gasteiger partial charge in [0, 0.05) is 32.7 Å². The number of urea groups is 1. The van der Waals surface area contributed by atoms with Crippen LogP contribution in [0.25, 0.3) is 0 Å². The van der Waals surface area contributed by atoms with Crippen LogP contribution in [0.3, 0.4) is 0 Å². The molecular formula is C16H23F2N3O2. The molecule has 0 spiro atoms. The first-order valence-corrected chi connectivity index (χ1v) is 7.77. The van der Waals surface area contributed by atoms with Crippen LogP contribution in [0.2, 0.25) is 0 Å². The van der Waals surface area contributed by atoms with Crippen LogP contribution in [-0.2, 0) is 0 Å². The molecule has 0 bridgehead atoms. The van der Waals surface area contributed by atoms with Crippen molar-refractivity contribution in [3.8, 4) is 0 Å². The van der Waals surface area contributed by atoms with E-state index in [4.69, 9.17) is 0 Å². The van der Waals surface area contributed by atoms with Crippen molar-refractivity contribution in [3.05, 3.63) is 29.8 Å². The van der Waals surface area contributed by atoms with Gasteiger partial charge in [0.1, 0.15) is 17.3 Å². The van der Waals surface area contributed by atoms with Crippen molar-refractivity contribution in [2.24, 2.45) is 0 Å². The lowest BCUT2D eigenvalue weighted by Gasteiger charge is -2.23. The van der Waals surface area contributed by atoms with Gasteiger partial charge in [0.15, 0.2) is 0 Å². The maximum absolute atomic E-state index is 13.8. The number of nitrogens with one attached hydrogen (secondary N) is 1. The zero-order valence-electron chi connectivity index (χ0n) is 13.4. The molecule has 1 fully saturated rings. The van der Waals surface area contributed by atoms with Crippen molar-refractivity contribution in [1.82, 2.24) is 10.2 Å². The van der Waals surface area contributed by atoms with Crippen molar-refractivity contribution in [2.45, 2.75) is 31.9 Å². The van der Waals surface area contributed by atoms with Gasteiger partial charge in [0.05, 0.1) is 6.10 Å². The Balaban J connectivity index is 1.89. The first kappa shape index (κ1) is 17.5. The summed E-state index contributed by atoms with van der Waals surface area (Å²) in [6.07, 6.45) is 0.668. The van der Waals surface area contributed by atoms with Gasteiger partial charge in [-0.25, -0.2) is 13.6 Å². The minimum atomic E-state index is -0.592. The standard InChI is InChI=1S/C16H23F2N3O2/c1-11(22)6-8-20(2)16(23)19-12-7-9-21(10-12)15-13(17)4-3-5-14(15)18/h3-5,11-12,22H,6-10H2,1-2H3,(H,19,23). The largest absolute Gasteiger partial charge is 0.393 e. The van der Waals surface area contributed by atoms with E-state index in [0.717, 1.165) is 0 Å². The Labute approximate surface area is 134 Å². The number of carbonyl (C=O) groups excluding carboxylic acids is 1. The minimum absolute atomic E-state index is 0.0355. The molecule has 0 radical (unpaired) electrons. The predicted molar refractivity (Wildman–Crippen MR) is 84.4 cm³/mol. The lowest BCUT2D eigenvalue weighted by atomic mass is 10.2. The van der Waals surface area contributed by atoms with Crippen LogP contribution in [-0.4, -0.2) is 54.9 Å². The maximum Gasteiger partial charge on any atom is 0.317 e. The number of nitrogens with zero attached hydrogens (tertiary/aromatic N) is 2. The number of aliphatic hydroxyl groups excluding tert-OH is 1.